The molecular formula is C28H35N3O3. The van der Waals surface area contributed by atoms with Crippen LogP contribution in [0.5, 0.6) is 0 Å². The van der Waals surface area contributed by atoms with Gasteiger partial charge in [-0.05, 0) is 51.7 Å². The van der Waals surface area contributed by atoms with Crippen molar-refractivity contribution in [2.45, 2.75) is 52.1 Å². The first kappa shape index (κ1) is 24.0. The minimum absolute atomic E-state index is 0.00829. The number of aromatic nitrogens is 1. The van der Waals surface area contributed by atoms with Gasteiger partial charge in [-0.1, -0.05) is 53.2 Å². The summed E-state index contributed by atoms with van der Waals surface area (Å²) in [5.41, 5.74) is 4.60. The Morgan fingerprint density at radius 2 is 1.91 bits per heavy atom. The standard InChI is InChI=1S/C28H35N3O3/c1-21-13-15-24(16-14-21)27(32)30(17-9-19-33-3)20-25-26(23-11-5-4-6-12-23)29-34-28(25)31-18-8-7-10-22(31)2/h4-6,11-16,22H,7-10,17-20H2,1-3H3. The van der Waals surface area contributed by atoms with Crippen molar-refractivity contribution in [3.8, 4) is 11.3 Å². The van der Waals surface area contributed by atoms with E-state index in [1.807, 2.05) is 66.4 Å². The Morgan fingerprint density at radius 1 is 1.15 bits per heavy atom. The third kappa shape index (κ3) is 5.50. The summed E-state index contributed by atoms with van der Waals surface area (Å²) in [5, 5.41) is 4.51. The molecule has 1 saturated heterocycles. The summed E-state index contributed by atoms with van der Waals surface area (Å²) >= 11 is 0. The lowest BCUT2D eigenvalue weighted by molar-refractivity contribution is 0.0724. The number of benzene rings is 2. The van der Waals surface area contributed by atoms with Gasteiger partial charge < -0.3 is 19.1 Å². The van der Waals surface area contributed by atoms with Gasteiger partial charge in [0.1, 0.15) is 5.69 Å². The highest BCUT2D eigenvalue weighted by Crippen LogP contribution is 2.35. The Hall–Kier alpha value is -3.12. The molecule has 0 N–H and O–H groups in total. The van der Waals surface area contributed by atoms with E-state index in [-0.39, 0.29) is 5.91 Å². The van der Waals surface area contributed by atoms with Gasteiger partial charge in [0.25, 0.3) is 5.91 Å². The lowest BCUT2D eigenvalue weighted by Gasteiger charge is -2.34. The van der Waals surface area contributed by atoms with Crippen molar-refractivity contribution in [1.82, 2.24) is 10.1 Å². The molecular weight excluding hydrogens is 426 g/mol. The molecule has 1 atom stereocenters. The smallest absolute Gasteiger partial charge is 0.254 e. The summed E-state index contributed by atoms with van der Waals surface area (Å²) in [6.07, 6.45) is 4.24. The molecule has 34 heavy (non-hydrogen) atoms. The van der Waals surface area contributed by atoms with Crippen LogP contribution in [0.25, 0.3) is 11.3 Å². The predicted molar refractivity (Wildman–Crippen MR) is 135 cm³/mol. The highest BCUT2D eigenvalue weighted by Gasteiger charge is 2.29. The van der Waals surface area contributed by atoms with Crippen molar-refractivity contribution in [1.29, 1.82) is 0 Å². The maximum Gasteiger partial charge on any atom is 0.254 e. The lowest BCUT2D eigenvalue weighted by atomic mass is 10.0. The molecule has 0 saturated carbocycles. The van der Waals surface area contributed by atoms with Gasteiger partial charge in [0.05, 0.1) is 12.1 Å². The van der Waals surface area contributed by atoms with Crippen LogP contribution in [0.3, 0.4) is 0 Å². The number of anilines is 1. The molecule has 6 heteroatoms. The van der Waals surface area contributed by atoms with Crippen LogP contribution in [0.2, 0.25) is 0 Å². The molecule has 2 heterocycles. The number of hydrogen-bond donors (Lipinski definition) is 0. The van der Waals surface area contributed by atoms with Crippen LogP contribution < -0.4 is 4.90 Å². The molecule has 1 aliphatic heterocycles. The first-order valence-electron chi connectivity index (χ1n) is 12.2. The number of nitrogens with zero attached hydrogens (tertiary/aromatic N) is 3. The second kappa shape index (κ2) is 11.3. The number of carbonyl (C=O) groups excluding carboxylic acids is 1. The molecule has 1 unspecified atom stereocenters. The molecule has 3 aromatic rings. The minimum Gasteiger partial charge on any atom is -0.385 e. The van der Waals surface area contributed by atoms with Crippen LogP contribution in [0.4, 0.5) is 5.88 Å². The van der Waals surface area contributed by atoms with Crippen molar-refractivity contribution < 1.29 is 14.1 Å². The van der Waals surface area contributed by atoms with Crippen LogP contribution in [0.15, 0.2) is 59.1 Å². The van der Waals surface area contributed by atoms with Crippen LogP contribution in [0, 0.1) is 6.92 Å². The summed E-state index contributed by atoms with van der Waals surface area (Å²) in [5.74, 6) is 0.799. The number of amides is 1. The number of ether oxygens (including phenoxy) is 1. The normalized spacial score (nSPS) is 16.0. The molecule has 4 rings (SSSR count). The highest BCUT2D eigenvalue weighted by atomic mass is 16.5. The van der Waals surface area contributed by atoms with E-state index in [9.17, 15) is 4.79 Å². The first-order valence-corrected chi connectivity index (χ1v) is 12.2. The van der Waals surface area contributed by atoms with E-state index in [1.54, 1.807) is 7.11 Å². The molecule has 1 aliphatic rings. The number of aryl methyl sites for hydroxylation is 1. The summed E-state index contributed by atoms with van der Waals surface area (Å²) in [4.78, 5) is 17.8. The molecule has 0 aliphatic carbocycles. The monoisotopic (exact) mass is 461 g/mol. The predicted octanol–water partition coefficient (Wildman–Crippen LogP) is 5.71. The van der Waals surface area contributed by atoms with Gasteiger partial charge in [-0.2, -0.15) is 0 Å². The summed E-state index contributed by atoms with van der Waals surface area (Å²) in [7, 11) is 1.69. The fourth-order valence-corrected chi connectivity index (χ4v) is 4.61. The number of hydrogen-bond acceptors (Lipinski definition) is 5. The van der Waals surface area contributed by atoms with Gasteiger partial charge >= 0.3 is 0 Å². The zero-order chi connectivity index (χ0) is 23.9. The molecule has 180 valence electrons. The lowest BCUT2D eigenvalue weighted by Crippen LogP contribution is -2.38. The maximum absolute atomic E-state index is 13.6. The second-order valence-electron chi connectivity index (χ2n) is 9.16. The van der Waals surface area contributed by atoms with E-state index in [0.717, 1.165) is 54.1 Å². The van der Waals surface area contributed by atoms with E-state index in [2.05, 4.69) is 17.0 Å². The third-order valence-electron chi connectivity index (χ3n) is 6.59. The Bertz CT molecular complexity index is 1060. The molecule has 0 radical (unpaired) electrons. The number of rotatable bonds is 9. The quantitative estimate of drug-likeness (QED) is 0.382. The van der Waals surface area contributed by atoms with Crippen molar-refractivity contribution in [2.24, 2.45) is 0 Å². The average molecular weight is 462 g/mol. The van der Waals surface area contributed by atoms with Crippen LogP contribution in [-0.2, 0) is 11.3 Å². The van der Waals surface area contributed by atoms with Gasteiger partial charge in [0.2, 0.25) is 5.88 Å². The molecule has 1 amide bonds. The topological polar surface area (TPSA) is 58.8 Å². The van der Waals surface area contributed by atoms with Gasteiger partial charge in [-0.3, -0.25) is 4.79 Å². The van der Waals surface area contributed by atoms with E-state index in [4.69, 9.17) is 9.26 Å². The Labute approximate surface area is 202 Å². The molecule has 1 fully saturated rings. The molecule has 0 bridgehead atoms. The van der Waals surface area contributed by atoms with Crippen molar-refractivity contribution >= 4 is 11.8 Å². The van der Waals surface area contributed by atoms with Crippen LogP contribution in [0.1, 0.15) is 54.1 Å². The van der Waals surface area contributed by atoms with Crippen molar-refractivity contribution in [3.63, 3.8) is 0 Å². The molecule has 0 spiro atoms. The first-order chi connectivity index (χ1) is 16.6. The molecule has 6 nitrogen and oxygen atoms in total. The third-order valence-corrected chi connectivity index (χ3v) is 6.59. The van der Waals surface area contributed by atoms with Crippen LogP contribution in [-0.4, -0.2) is 48.8 Å². The van der Waals surface area contributed by atoms with Crippen LogP contribution >= 0.6 is 0 Å². The fourth-order valence-electron chi connectivity index (χ4n) is 4.61. The zero-order valence-corrected chi connectivity index (χ0v) is 20.5. The van der Waals surface area contributed by atoms with Gasteiger partial charge in [0.15, 0.2) is 0 Å². The fraction of sp³-hybridized carbons (Fsp3) is 0.429. The summed E-state index contributed by atoms with van der Waals surface area (Å²) in [6.45, 7) is 6.83. The average Bonchev–Trinajstić information content (AvgIpc) is 3.27. The van der Waals surface area contributed by atoms with Gasteiger partial charge in [-0.25, -0.2) is 0 Å². The summed E-state index contributed by atoms with van der Waals surface area (Å²) in [6, 6.07) is 18.2. The number of methoxy groups -OCH3 is 1. The van der Waals surface area contributed by atoms with Gasteiger partial charge in [-0.15, -0.1) is 0 Å². The van der Waals surface area contributed by atoms with E-state index < -0.39 is 0 Å². The Kier molecular flexibility index (Phi) is 8.01. The largest absolute Gasteiger partial charge is 0.385 e. The Balaban J connectivity index is 1.71. The van der Waals surface area contributed by atoms with E-state index >= 15 is 0 Å². The second-order valence-corrected chi connectivity index (χ2v) is 9.16. The Morgan fingerprint density at radius 3 is 2.62 bits per heavy atom. The van der Waals surface area contributed by atoms with Gasteiger partial charge in [0, 0.05) is 44.0 Å². The highest BCUT2D eigenvalue weighted by molar-refractivity contribution is 5.94. The SMILES string of the molecule is COCCCN(Cc1c(-c2ccccc2)noc1N1CCCCC1C)C(=O)c1ccc(C)cc1. The minimum atomic E-state index is 0.00829. The van der Waals surface area contributed by atoms with Crippen molar-refractivity contribution in [2.75, 3.05) is 31.7 Å². The molecule has 2 aromatic carbocycles. The zero-order valence-electron chi connectivity index (χ0n) is 20.5. The summed E-state index contributed by atoms with van der Waals surface area (Å²) < 4.78 is 11.3. The maximum atomic E-state index is 13.6. The van der Waals surface area contributed by atoms with Crippen molar-refractivity contribution in [3.05, 3.63) is 71.3 Å². The molecule has 1 aromatic heterocycles. The van der Waals surface area contributed by atoms with E-state index in [0.29, 0.717) is 31.3 Å². The number of carbonyl (C=O) groups is 1. The van der Waals surface area contributed by atoms with E-state index in [1.165, 1.54) is 6.42 Å². The number of piperidine rings is 1.